The molecule has 0 spiro atoms. The summed E-state index contributed by atoms with van der Waals surface area (Å²) in [5.41, 5.74) is 1.08. The molecule has 2 rings (SSSR count). The minimum Gasteiger partial charge on any atom is -0.495 e. The van der Waals surface area contributed by atoms with Gasteiger partial charge in [-0.15, -0.1) is 0 Å². The number of halogens is 1. The van der Waals surface area contributed by atoms with Gasteiger partial charge in [0.25, 0.3) is 11.6 Å². The van der Waals surface area contributed by atoms with Crippen LogP contribution in [0.3, 0.4) is 0 Å². The molecule has 0 heterocycles. The fraction of sp³-hybridized carbons (Fsp3) is 0.222. The minimum atomic E-state index is -1.10. The zero-order valence-electron chi connectivity index (χ0n) is 14.8. The van der Waals surface area contributed by atoms with Crippen molar-refractivity contribution in [2.45, 2.75) is 20.0 Å². The van der Waals surface area contributed by atoms with Crippen LogP contribution in [0.15, 0.2) is 36.4 Å². The number of carbonyl (C=O) groups excluding carboxylic acids is 2. The lowest BCUT2D eigenvalue weighted by Gasteiger charge is -2.16. The van der Waals surface area contributed by atoms with Crippen LogP contribution in [0.1, 0.15) is 22.8 Å². The van der Waals surface area contributed by atoms with Gasteiger partial charge in [-0.05, 0) is 37.6 Å². The summed E-state index contributed by atoms with van der Waals surface area (Å²) in [4.78, 5) is 34.5. The lowest BCUT2D eigenvalue weighted by molar-refractivity contribution is -0.384. The zero-order valence-corrected chi connectivity index (χ0v) is 15.6. The molecule has 0 aliphatic rings. The lowest BCUT2D eigenvalue weighted by atomic mass is 10.2. The van der Waals surface area contributed by atoms with Crippen LogP contribution >= 0.6 is 11.6 Å². The number of nitrogens with one attached hydrogen (secondary N) is 1. The Hall–Kier alpha value is -3.13. The number of ether oxygens (including phenoxy) is 2. The van der Waals surface area contributed by atoms with E-state index in [1.54, 1.807) is 19.1 Å². The molecule has 1 unspecified atom stereocenters. The van der Waals surface area contributed by atoms with E-state index in [1.165, 1.54) is 38.3 Å². The Labute approximate surface area is 160 Å². The summed E-state index contributed by atoms with van der Waals surface area (Å²) in [6.07, 6.45) is -1.10. The van der Waals surface area contributed by atoms with Gasteiger partial charge in [0, 0.05) is 23.2 Å². The first-order chi connectivity index (χ1) is 12.7. The van der Waals surface area contributed by atoms with Crippen LogP contribution in [0.25, 0.3) is 0 Å². The third-order valence-corrected chi connectivity index (χ3v) is 4.11. The van der Waals surface area contributed by atoms with Crippen molar-refractivity contribution in [2.24, 2.45) is 0 Å². The monoisotopic (exact) mass is 392 g/mol. The lowest BCUT2D eigenvalue weighted by Crippen LogP contribution is -2.30. The number of rotatable bonds is 6. The fourth-order valence-corrected chi connectivity index (χ4v) is 2.32. The second kappa shape index (κ2) is 8.50. The number of nitro groups is 1. The second-order valence-electron chi connectivity index (χ2n) is 5.64. The SMILES string of the molecule is COc1cc(Cl)c(C)cc1NC(=O)C(C)OC(=O)c1ccc([N+](=O)[O-])cc1. The zero-order chi connectivity index (χ0) is 20.1. The van der Waals surface area contributed by atoms with Gasteiger partial charge in [-0.2, -0.15) is 0 Å². The highest BCUT2D eigenvalue weighted by molar-refractivity contribution is 6.31. The Balaban J connectivity index is 2.06. The number of methoxy groups -OCH3 is 1. The summed E-state index contributed by atoms with van der Waals surface area (Å²) in [6, 6.07) is 8.10. The van der Waals surface area contributed by atoms with Crippen molar-refractivity contribution in [1.29, 1.82) is 0 Å². The molecule has 2 aromatic carbocycles. The number of hydrogen-bond acceptors (Lipinski definition) is 6. The number of nitro benzene ring substituents is 1. The number of hydrogen-bond donors (Lipinski definition) is 1. The molecule has 0 saturated heterocycles. The maximum atomic E-state index is 12.3. The average molecular weight is 393 g/mol. The Kier molecular flexibility index (Phi) is 6.36. The van der Waals surface area contributed by atoms with Gasteiger partial charge < -0.3 is 14.8 Å². The number of nitrogens with zero attached hydrogens (tertiary/aromatic N) is 1. The fourth-order valence-electron chi connectivity index (χ4n) is 2.17. The Morgan fingerprint density at radius 3 is 2.41 bits per heavy atom. The molecule has 27 heavy (non-hydrogen) atoms. The third-order valence-electron chi connectivity index (χ3n) is 3.71. The number of non-ortho nitro benzene ring substituents is 1. The van der Waals surface area contributed by atoms with Crippen LogP contribution in [-0.2, 0) is 9.53 Å². The van der Waals surface area contributed by atoms with Crippen LogP contribution in [-0.4, -0.2) is 30.0 Å². The predicted molar refractivity (Wildman–Crippen MR) is 99.3 cm³/mol. The first-order valence-corrected chi connectivity index (χ1v) is 8.21. The minimum absolute atomic E-state index is 0.0974. The van der Waals surface area contributed by atoms with Gasteiger partial charge in [0.05, 0.1) is 23.3 Å². The predicted octanol–water partition coefficient (Wildman–Crippen LogP) is 3.75. The number of esters is 1. The summed E-state index contributed by atoms with van der Waals surface area (Å²) in [5, 5.41) is 13.7. The molecule has 9 heteroatoms. The number of anilines is 1. The third kappa shape index (κ3) is 4.95. The van der Waals surface area contributed by atoms with Crippen LogP contribution in [0.4, 0.5) is 11.4 Å². The molecule has 0 aliphatic heterocycles. The molecule has 0 bridgehead atoms. The van der Waals surface area contributed by atoms with Crippen molar-refractivity contribution in [3.05, 3.63) is 62.7 Å². The molecular formula is C18H17ClN2O6. The van der Waals surface area contributed by atoms with Crippen molar-refractivity contribution >= 4 is 34.9 Å². The second-order valence-corrected chi connectivity index (χ2v) is 6.05. The van der Waals surface area contributed by atoms with Crippen LogP contribution < -0.4 is 10.1 Å². The number of carbonyl (C=O) groups is 2. The highest BCUT2D eigenvalue weighted by atomic mass is 35.5. The largest absolute Gasteiger partial charge is 0.495 e. The van der Waals surface area contributed by atoms with Crippen molar-refractivity contribution in [3.8, 4) is 5.75 Å². The smallest absolute Gasteiger partial charge is 0.338 e. The summed E-state index contributed by atoms with van der Waals surface area (Å²) in [7, 11) is 1.44. The van der Waals surface area contributed by atoms with E-state index in [0.29, 0.717) is 16.5 Å². The maximum absolute atomic E-state index is 12.3. The van der Waals surface area contributed by atoms with E-state index < -0.39 is 22.9 Å². The molecule has 142 valence electrons. The first kappa shape index (κ1) is 20.2. The molecular weight excluding hydrogens is 376 g/mol. The standard InChI is InChI=1S/C18H17ClN2O6/c1-10-8-15(16(26-3)9-14(10)19)20-17(22)11(2)27-18(23)12-4-6-13(7-5-12)21(24)25/h4-9,11H,1-3H3,(H,20,22). The molecule has 0 aliphatic carbocycles. The summed E-state index contributed by atoms with van der Waals surface area (Å²) in [6.45, 7) is 3.18. The van der Waals surface area contributed by atoms with Crippen molar-refractivity contribution in [1.82, 2.24) is 0 Å². The molecule has 1 N–H and O–H groups in total. The number of aryl methyl sites for hydroxylation is 1. The first-order valence-electron chi connectivity index (χ1n) is 7.83. The van der Waals surface area contributed by atoms with Gasteiger partial charge in [0.15, 0.2) is 6.10 Å². The van der Waals surface area contributed by atoms with E-state index in [0.717, 1.165) is 5.56 Å². The van der Waals surface area contributed by atoms with E-state index >= 15 is 0 Å². The molecule has 1 atom stereocenters. The molecule has 8 nitrogen and oxygen atoms in total. The number of amides is 1. The normalized spacial score (nSPS) is 11.4. The van der Waals surface area contributed by atoms with Crippen molar-refractivity contribution in [3.63, 3.8) is 0 Å². The van der Waals surface area contributed by atoms with Gasteiger partial charge in [-0.1, -0.05) is 11.6 Å². The Morgan fingerprint density at radius 2 is 1.85 bits per heavy atom. The van der Waals surface area contributed by atoms with Crippen molar-refractivity contribution < 1.29 is 24.0 Å². The number of benzene rings is 2. The van der Waals surface area contributed by atoms with Crippen LogP contribution in [0, 0.1) is 17.0 Å². The summed E-state index contributed by atoms with van der Waals surface area (Å²) in [5.74, 6) is -0.968. The topological polar surface area (TPSA) is 108 Å². The molecule has 2 aromatic rings. The molecule has 0 radical (unpaired) electrons. The van der Waals surface area contributed by atoms with E-state index in [-0.39, 0.29) is 11.3 Å². The Morgan fingerprint density at radius 1 is 1.22 bits per heavy atom. The molecule has 0 saturated carbocycles. The van der Waals surface area contributed by atoms with Gasteiger partial charge in [0.1, 0.15) is 5.75 Å². The maximum Gasteiger partial charge on any atom is 0.338 e. The van der Waals surface area contributed by atoms with Gasteiger partial charge >= 0.3 is 5.97 Å². The van der Waals surface area contributed by atoms with E-state index in [9.17, 15) is 19.7 Å². The highest BCUT2D eigenvalue weighted by Gasteiger charge is 2.21. The van der Waals surface area contributed by atoms with Gasteiger partial charge in [-0.3, -0.25) is 14.9 Å². The molecule has 0 aromatic heterocycles. The summed E-state index contributed by atoms with van der Waals surface area (Å²) < 4.78 is 10.3. The van der Waals surface area contributed by atoms with Crippen LogP contribution in [0.5, 0.6) is 5.75 Å². The molecule has 0 fully saturated rings. The van der Waals surface area contributed by atoms with E-state index in [2.05, 4.69) is 5.32 Å². The van der Waals surface area contributed by atoms with Gasteiger partial charge in [-0.25, -0.2) is 4.79 Å². The van der Waals surface area contributed by atoms with E-state index in [1.807, 2.05) is 0 Å². The summed E-state index contributed by atoms with van der Waals surface area (Å²) >= 11 is 6.03. The quantitative estimate of drug-likeness (QED) is 0.455. The van der Waals surface area contributed by atoms with E-state index in [4.69, 9.17) is 21.1 Å². The molecule has 1 amide bonds. The average Bonchev–Trinajstić information content (AvgIpc) is 2.64. The van der Waals surface area contributed by atoms with Crippen LogP contribution in [0.2, 0.25) is 5.02 Å². The highest BCUT2D eigenvalue weighted by Crippen LogP contribution is 2.31. The van der Waals surface area contributed by atoms with Crippen molar-refractivity contribution in [2.75, 3.05) is 12.4 Å². The van der Waals surface area contributed by atoms with Gasteiger partial charge in [0.2, 0.25) is 0 Å². The Bertz CT molecular complexity index is 882.